The Morgan fingerprint density at radius 1 is 1.19 bits per heavy atom. The molecule has 0 heterocycles. The molecule has 5 nitrogen and oxygen atoms in total. The smallest absolute Gasteiger partial charge is 0.262 e. The van der Waals surface area contributed by atoms with Crippen LogP contribution in [0.15, 0.2) is 65.8 Å². The number of nitrogens with zero attached hydrogens (tertiary/aromatic N) is 1. The number of benzene rings is 3. The molecule has 27 heavy (non-hydrogen) atoms. The Kier molecular flexibility index (Phi) is 5.94. The number of halogens is 1. The van der Waals surface area contributed by atoms with E-state index < -0.39 is 6.04 Å². The number of hydrogen-bond donors (Lipinski definition) is 3. The summed E-state index contributed by atoms with van der Waals surface area (Å²) in [4.78, 5) is 12.4. The minimum absolute atomic E-state index is 0.107. The third kappa shape index (κ3) is 4.57. The number of phenolic OH excluding ortho intramolecular Hbond substituents is 1. The highest BCUT2D eigenvalue weighted by Gasteiger charge is 2.15. The second-order valence-electron chi connectivity index (χ2n) is 6.07. The van der Waals surface area contributed by atoms with Crippen LogP contribution in [-0.4, -0.2) is 23.3 Å². The molecule has 3 aromatic rings. The molecule has 0 aliphatic heterocycles. The number of fused-ring (bicyclic) bond motifs is 1. The molecule has 0 aliphatic carbocycles. The Hall–Kier alpha value is -3.05. The van der Waals surface area contributed by atoms with Gasteiger partial charge >= 0.3 is 0 Å². The van der Waals surface area contributed by atoms with Gasteiger partial charge in [0, 0.05) is 16.3 Å². The number of hydrogen-bond acceptors (Lipinski definition) is 4. The van der Waals surface area contributed by atoms with Crippen molar-refractivity contribution in [3.63, 3.8) is 0 Å². The van der Waals surface area contributed by atoms with Crippen LogP contribution in [0.3, 0.4) is 0 Å². The molecular formula is C21H20ClN3O2. The minimum atomic E-state index is -0.457. The summed E-state index contributed by atoms with van der Waals surface area (Å²) in [6, 6.07) is 17.8. The molecule has 0 radical (unpaired) electrons. The average Bonchev–Trinajstić information content (AvgIpc) is 2.67. The van der Waals surface area contributed by atoms with Crippen LogP contribution in [0.25, 0.3) is 10.8 Å². The number of carbonyl (C=O) groups excluding carboxylic acids is 1. The van der Waals surface area contributed by atoms with E-state index in [1.165, 1.54) is 6.21 Å². The Morgan fingerprint density at radius 2 is 2.00 bits per heavy atom. The van der Waals surface area contributed by atoms with Crippen LogP contribution in [0.5, 0.6) is 5.75 Å². The van der Waals surface area contributed by atoms with Crippen molar-refractivity contribution in [1.29, 1.82) is 0 Å². The van der Waals surface area contributed by atoms with Gasteiger partial charge in [-0.3, -0.25) is 4.79 Å². The summed E-state index contributed by atoms with van der Waals surface area (Å²) in [5.74, 6) is -0.163. The molecular weight excluding hydrogens is 362 g/mol. The zero-order valence-corrected chi connectivity index (χ0v) is 15.6. The lowest BCUT2D eigenvalue weighted by Gasteiger charge is -2.16. The molecule has 0 fully saturated rings. The number of nitrogens with one attached hydrogen (secondary N) is 2. The summed E-state index contributed by atoms with van der Waals surface area (Å²) in [5, 5.41) is 19.7. The summed E-state index contributed by atoms with van der Waals surface area (Å²) in [6.45, 7) is 1.90. The SMILES string of the molecule is CCC(Nc1cccc(Cl)c1)C(=O)N/N=C/c1c(O)ccc2ccccc12. The molecule has 138 valence electrons. The van der Waals surface area contributed by atoms with Gasteiger partial charge in [-0.2, -0.15) is 5.10 Å². The maximum absolute atomic E-state index is 12.4. The van der Waals surface area contributed by atoms with E-state index in [9.17, 15) is 9.90 Å². The van der Waals surface area contributed by atoms with Crippen LogP contribution in [0.4, 0.5) is 5.69 Å². The molecule has 1 amide bonds. The van der Waals surface area contributed by atoms with Crippen molar-refractivity contribution in [2.75, 3.05) is 5.32 Å². The molecule has 0 spiro atoms. The van der Waals surface area contributed by atoms with Gasteiger partial charge < -0.3 is 10.4 Å². The Balaban J connectivity index is 1.72. The van der Waals surface area contributed by atoms with Crippen molar-refractivity contribution in [3.8, 4) is 5.75 Å². The van der Waals surface area contributed by atoms with E-state index in [1.807, 2.05) is 49.4 Å². The molecule has 3 aromatic carbocycles. The second-order valence-corrected chi connectivity index (χ2v) is 6.51. The van der Waals surface area contributed by atoms with Gasteiger partial charge in [0.1, 0.15) is 11.8 Å². The standard InChI is InChI=1S/C21H20ClN3O2/c1-2-19(24-16-8-5-7-15(22)12-16)21(27)25-23-13-18-17-9-4-3-6-14(17)10-11-20(18)26/h3-13,19,24,26H,2H2,1H3,(H,25,27)/b23-13+. The first-order valence-electron chi connectivity index (χ1n) is 8.64. The molecule has 3 rings (SSSR count). The Labute approximate surface area is 162 Å². The summed E-state index contributed by atoms with van der Waals surface area (Å²) >= 11 is 5.98. The van der Waals surface area contributed by atoms with E-state index in [2.05, 4.69) is 15.8 Å². The third-order valence-electron chi connectivity index (χ3n) is 4.21. The first-order valence-corrected chi connectivity index (χ1v) is 9.02. The van der Waals surface area contributed by atoms with Gasteiger partial charge in [0.05, 0.1) is 6.21 Å². The van der Waals surface area contributed by atoms with Gasteiger partial charge in [-0.05, 0) is 41.5 Å². The largest absolute Gasteiger partial charge is 0.507 e. The predicted octanol–water partition coefficient (Wildman–Crippen LogP) is 4.54. The van der Waals surface area contributed by atoms with E-state index in [4.69, 9.17) is 11.6 Å². The second kappa shape index (κ2) is 8.56. The van der Waals surface area contributed by atoms with E-state index in [0.29, 0.717) is 17.0 Å². The number of amides is 1. The quantitative estimate of drug-likeness (QED) is 0.433. The van der Waals surface area contributed by atoms with E-state index in [1.54, 1.807) is 18.2 Å². The third-order valence-corrected chi connectivity index (χ3v) is 4.44. The normalized spacial score (nSPS) is 12.2. The molecule has 0 aromatic heterocycles. The molecule has 0 aliphatic rings. The molecule has 0 saturated carbocycles. The van der Waals surface area contributed by atoms with Crippen molar-refractivity contribution >= 4 is 40.2 Å². The fraction of sp³-hybridized carbons (Fsp3) is 0.143. The zero-order chi connectivity index (χ0) is 19.2. The lowest BCUT2D eigenvalue weighted by atomic mass is 10.0. The van der Waals surface area contributed by atoms with Gasteiger partial charge in [-0.1, -0.05) is 54.9 Å². The fourth-order valence-corrected chi connectivity index (χ4v) is 2.98. The van der Waals surface area contributed by atoms with Gasteiger partial charge in [-0.25, -0.2) is 5.43 Å². The van der Waals surface area contributed by atoms with Crippen LogP contribution in [0.1, 0.15) is 18.9 Å². The molecule has 1 unspecified atom stereocenters. The molecule has 0 bridgehead atoms. The lowest BCUT2D eigenvalue weighted by Crippen LogP contribution is -2.36. The van der Waals surface area contributed by atoms with E-state index in [-0.39, 0.29) is 11.7 Å². The van der Waals surface area contributed by atoms with Crippen LogP contribution >= 0.6 is 11.6 Å². The maximum atomic E-state index is 12.4. The van der Waals surface area contributed by atoms with Crippen molar-refractivity contribution in [1.82, 2.24) is 5.43 Å². The van der Waals surface area contributed by atoms with Crippen LogP contribution < -0.4 is 10.7 Å². The van der Waals surface area contributed by atoms with Crippen LogP contribution in [0, 0.1) is 0 Å². The van der Waals surface area contributed by atoms with Gasteiger partial charge in [0.15, 0.2) is 0 Å². The van der Waals surface area contributed by atoms with Crippen LogP contribution in [-0.2, 0) is 4.79 Å². The van der Waals surface area contributed by atoms with Crippen molar-refractivity contribution in [2.45, 2.75) is 19.4 Å². The number of phenols is 1. The van der Waals surface area contributed by atoms with Crippen LogP contribution in [0.2, 0.25) is 5.02 Å². The highest BCUT2D eigenvalue weighted by molar-refractivity contribution is 6.30. The maximum Gasteiger partial charge on any atom is 0.262 e. The highest BCUT2D eigenvalue weighted by atomic mass is 35.5. The minimum Gasteiger partial charge on any atom is -0.507 e. The van der Waals surface area contributed by atoms with Gasteiger partial charge in [0.2, 0.25) is 0 Å². The van der Waals surface area contributed by atoms with Gasteiger partial charge in [0.25, 0.3) is 5.91 Å². The first-order chi connectivity index (χ1) is 13.1. The molecule has 3 N–H and O–H groups in total. The summed E-state index contributed by atoms with van der Waals surface area (Å²) in [5.41, 5.74) is 3.86. The van der Waals surface area contributed by atoms with Crippen molar-refractivity contribution in [2.24, 2.45) is 5.10 Å². The summed E-state index contributed by atoms with van der Waals surface area (Å²) in [6.07, 6.45) is 2.04. The van der Waals surface area contributed by atoms with E-state index >= 15 is 0 Å². The Bertz CT molecular complexity index is 988. The Morgan fingerprint density at radius 3 is 2.78 bits per heavy atom. The monoisotopic (exact) mass is 381 g/mol. The fourth-order valence-electron chi connectivity index (χ4n) is 2.79. The number of anilines is 1. The van der Waals surface area contributed by atoms with E-state index in [0.717, 1.165) is 16.5 Å². The summed E-state index contributed by atoms with van der Waals surface area (Å²) < 4.78 is 0. The predicted molar refractivity (Wildman–Crippen MR) is 111 cm³/mol. The average molecular weight is 382 g/mol. The topological polar surface area (TPSA) is 73.7 Å². The summed E-state index contributed by atoms with van der Waals surface area (Å²) in [7, 11) is 0. The number of aromatic hydroxyl groups is 1. The molecule has 0 saturated heterocycles. The number of hydrazone groups is 1. The van der Waals surface area contributed by atoms with Gasteiger partial charge in [-0.15, -0.1) is 0 Å². The molecule has 6 heteroatoms. The zero-order valence-electron chi connectivity index (χ0n) is 14.8. The number of carbonyl (C=O) groups is 1. The van der Waals surface area contributed by atoms with Crippen molar-refractivity contribution in [3.05, 3.63) is 71.2 Å². The van der Waals surface area contributed by atoms with Crippen molar-refractivity contribution < 1.29 is 9.90 Å². The lowest BCUT2D eigenvalue weighted by molar-refractivity contribution is -0.121. The number of rotatable bonds is 6. The molecule has 1 atom stereocenters. The highest BCUT2D eigenvalue weighted by Crippen LogP contribution is 2.25. The first kappa shape index (κ1) is 18.7.